The second kappa shape index (κ2) is 2.98. The molecule has 0 aromatic carbocycles. The number of allylic oxidation sites excluding steroid dienone is 2. The van der Waals surface area contributed by atoms with Gasteiger partial charge in [0, 0.05) is 5.92 Å². The lowest BCUT2D eigenvalue weighted by atomic mass is 9.79. The zero-order valence-corrected chi connectivity index (χ0v) is 7.96. The van der Waals surface area contributed by atoms with Crippen LogP contribution >= 0.6 is 0 Å². The number of hydrogen-bond donors (Lipinski definition) is 0. The first-order chi connectivity index (χ1) is 6.43. The summed E-state index contributed by atoms with van der Waals surface area (Å²) >= 11 is 0. The third-order valence-electron chi connectivity index (χ3n) is 3.69. The number of fused-ring (bicyclic) bond motifs is 2. The van der Waals surface area contributed by atoms with Crippen LogP contribution in [0, 0.1) is 11.8 Å². The molecule has 0 N–H and O–H groups in total. The summed E-state index contributed by atoms with van der Waals surface area (Å²) in [5.41, 5.74) is 3.30. The smallest absolute Gasteiger partial charge is 0.0653 e. The highest BCUT2D eigenvalue weighted by molar-refractivity contribution is 5.33. The highest BCUT2D eigenvalue weighted by Gasteiger charge is 2.31. The lowest BCUT2D eigenvalue weighted by molar-refractivity contribution is 0.112. The molecule has 1 heterocycles. The maximum absolute atomic E-state index is 5.48. The Bertz CT molecular complexity index is 275. The molecule has 70 valence electrons. The molecule has 1 heteroatoms. The van der Waals surface area contributed by atoms with Crippen molar-refractivity contribution in [1.82, 2.24) is 0 Å². The number of rotatable bonds is 0. The Kier molecular flexibility index (Phi) is 1.79. The van der Waals surface area contributed by atoms with Crippen LogP contribution < -0.4 is 0 Å². The standard InChI is InChI=1S/C12H16O/c1-2-9-6-11-4-5-13-8-12(11)7-10(9)3-1/h4,6,10,12H,1-3,5,7-8H2. The third-order valence-corrected chi connectivity index (χ3v) is 3.69. The summed E-state index contributed by atoms with van der Waals surface area (Å²) < 4.78 is 5.48. The molecular weight excluding hydrogens is 160 g/mol. The molecular formula is C12H16O. The van der Waals surface area contributed by atoms with E-state index >= 15 is 0 Å². The molecule has 13 heavy (non-hydrogen) atoms. The van der Waals surface area contributed by atoms with Gasteiger partial charge in [-0.1, -0.05) is 17.7 Å². The summed E-state index contributed by atoms with van der Waals surface area (Å²) in [6.45, 7) is 1.80. The van der Waals surface area contributed by atoms with E-state index in [2.05, 4.69) is 12.2 Å². The molecule has 2 aliphatic carbocycles. The first-order valence-electron chi connectivity index (χ1n) is 5.42. The number of hydrogen-bond acceptors (Lipinski definition) is 1. The summed E-state index contributed by atoms with van der Waals surface area (Å²) in [6.07, 6.45) is 10.3. The lowest BCUT2D eigenvalue weighted by Crippen LogP contribution is -2.23. The Morgan fingerprint density at radius 2 is 2.31 bits per heavy atom. The monoisotopic (exact) mass is 176 g/mol. The van der Waals surface area contributed by atoms with E-state index in [-0.39, 0.29) is 0 Å². The first kappa shape index (κ1) is 7.81. The minimum Gasteiger partial charge on any atom is -0.377 e. The molecule has 0 aromatic rings. The van der Waals surface area contributed by atoms with E-state index in [9.17, 15) is 0 Å². The van der Waals surface area contributed by atoms with E-state index in [4.69, 9.17) is 4.74 Å². The van der Waals surface area contributed by atoms with Crippen LogP contribution in [0.1, 0.15) is 25.7 Å². The average molecular weight is 176 g/mol. The predicted octanol–water partition coefficient (Wildman–Crippen LogP) is 2.69. The van der Waals surface area contributed by atoms with Gasteiger partial charge in [-0.05, 0) is 37.2 Å². The second-order valence-electron chi connectivity index (χ2n) is 4.48. The van der Waals surface area contributed by atoms with E-state index in [1.165, 1.54) is 25.7 Å². The molecule has 1 nitrogen and oxygen atoms in total. The van der Waals surface area contributed by atoms with Gasteiger partial charge in [0.2, 0.25) is 0 Å². The Labute approximate surface area is 79.5 Å². The zero-order valence-electron chi connectivity index (χ0n) is 7.96. The van der Waals surface area contributed by atoms with E-state index in [0.717, 1.165) is 25.0 Å². The molecule has 0 radical (unpaired) electrons. The Balaban J connectivity index is 1.94. The van der Waals surface area contributed by atoms with Crippen molar-refractivity contribution in [2.24, 2.45) is 11.8 Å². The fraction of sp³-hybridized carbons (Fsp3) is 0.667. The van der Waals surface area contributed by atoms with Crippen LogP contribution in [0.15, 0.2) is 23.3 Å². The van der Waals surface area contributed by atoms with Crippen molar-refractivity contribution < 1.29 is 4.74 Å². The largest absolute Gasteiger partial charge is 0.377 e. The minimum atomic E-state index is 0.723. The Morgan fingerprint density at radius 1 is 1.31 bits per heavy atom. The highest BCUT2D eigenvalue weighted by Crippen LogP contribution is 2.43. The molecule has 1 aliphatic heterocycles. The molecule has 0 bridgehead atoms. The minimum absolute atomic E-state index is 0.723. The van der Waals surface area contributed by atoms with Gasteiger partial charge in [-0.25, -0.2) is 0 Å². The van der Waals surface area contributed by atoms with Gasteiger partial charge in [-0.3, -0.25) is 0 Å². The van der Waals surface area contributed by atoms with Gasteiger partial charge in [-0.15, -0.1) is 0 Å². The molecule has 0 amide bonds. The van der Waals surface area contributed by atoms with Crippen molar-refractivity contribution in [2.45, 2.75) is 25.7 Å². The van der Waals surface area contributed by atoms with Gasteiger partial charge in [-0.2, -0.15) is 0 Å². The van der Waals surface area contributed by atoms with E-state index < -0.39 is 0 Å². The molecule has 0 spiro atoms. The van der Waals surface area contributed by atoms with Gasteiger partial charge < -0.3 is 4.74 Å². The summed E-state index contributed by atoms with van der Waals surface area (Å²) in [6, 6.07) is 0. The van der Waals surface area contributed by atoms with Gasteiger partial charge in [0.05, 0.1) is 13.2 Å². The van der Waals surface area contributed by atoms with Crippen LogP contribution in [0.2, 0.25) is 0 Å². The normalized spacial score (nSPS) is 37.5. The van der Waals surface area contributed by atoms with E-state index in [1.54, 1.807) is 11.1 Å². The average Bonchev–Trinajstić information content (AvgIpc) is 2.61. The quantitative estimate of drug-likeness (QED) is 0.551. The van der Waals surface area contributed by atoms with Gasteiger partial charge in [0.25, 0.3) is 0 Å². The zero-order chi connectivity index (χ0) is 8.67. The fourth-order valence-electron chi connectivity index (χ4n) is 2.97. The van der Waals surface area contributed by atoms with Crippen molar-refractivity contribution in [2.75, 3.05) is 13.2 Å². The summed E-state index contributed by atoms with van der Waals surface area (Å²) in [5.74, 6) is 1.63. The van der Waals surface area contributed by atoms with Crippen LogP contribution in [0.3, 0.4) is 0 Å². The highest BCUT2D eigenvalue weighted by atomic mass is 16.5. The fourth-order valence-corrected chi connectivity index (χ4v) is 2.97. The van der Waals surface area contributed by atoms with Crippen LogP contribution in [-0.2, 0) is 4.74 Å². The van der Waals surface area contributed by atoms with Crippen LogP contribution in [0.4, 0.5) is 0 Å². The lowest BCUT2D eigenvalue weighted by Gasteiger charge is -2.30. The molecule has 1 saturated carbocycles. The Morgan fingerprint density at radius 3 is 3.31 bits per heavy atom. The van der Waals surface area contributed by atoms with Crippen molar-refractivity contribution >= 4 is 0 Å². The molecule has 3 aliphatic rings. The molecule has 3 rings (SSSR count). The van der Waals surface area contributed by atoms with Gasteiger partial charge in [0.15, 0.2) is 0 Å². The summed E-state index contributed by atoms with van der Waals surface area (Å²) in [5, 5.41) is 0. The van der Waals surface area contributed by atoms with Gasteiger partial charge >= 0.3 is 0 Å². The second-order valence-corrected chi connectivity index (χ2v) is 4.48. The molecule has 2 unspecified atom stereocenters. The molecule has 0 saturated heterocycles. The van der Waals surface area contributed by atoms with Gasteiger partial charge in [0.1, 0.15) is 0 Å². The molecule has 0 aromatic heterocycles. The third kappa shape index (κ3) is 1.26. The van der Waals surface area contributed by atoms with E-state index in [1.807, 2.05) is 0 Å². The van der Waals surface area contributed by atoms with E-state index in [0.29, 0.717) is 0 Å². The van der Waals surface area contributed by atoms with Crippen LogP contribution in [0.25, 0.3) is 0 Å². The van der Waals surface area contributed by atoms with Crippen molar-refractivity contribution in [3.63, 3.8) is 0 Å². The molecule has 2 atom stereocenters. The maximum Gasteiger partial charge on any atom is 0.0653 e. The SMILES string of the molecule is C1=C2C=C3CCCC3CC2COC1. The van der Waals surface area contributed by atoms with Crippen molar-refractivity contribution in [3.05, 3.63) is 23.3 Å². The maximum atomic E-state index is 5.48. The summed E-state index contributed by atoms with van der Waals surface area (Å²) in [4.78, 5) is 0. The number of ether oxygens (including phenoxy) is 1. The van der Waals surface area contributed by atoms with Crippen LogP contribution in [0.5, 0.6) is 0 Å². The van der Waals surface area contributed by atoms with Crippen molar-refractivity contribution in [1.29, 1.82) is 0 Å². The topological polar surface area (TPSA) is 9.23 Å². The molecule has 1 fully saturated rings. The van der Waals surface area contributed by atoms with Crippen LogP contribution in [-0.4, -0.2) is 13.2 Å². The van der Waals surface area contributed by atoms with Crippen molar-refractivity contribution in [3.8, 4) is 0 Å². The first-order valence-corrected chi connectivity index (χ1v) is 5.42. The Hall–Kier alpha value is -0.560. The summed E-state index contributed by atoms with van der Waals surface area (Å²) in [7, 11) is 0. The predicted molar refractivity (Wildman–Crippen MR) is 52.4 cm³/mol.